The molecule has 0 spiro atoms. The Morgan fingerprint density at radius 2 is 2.13 bits per heavy atom. The van der Waals surface area contributed by atoms with Gasteiger partial charge in [-0.2, -0.15) is 0 Å². The lowest BCUT2D eigenvalue weighted by atomic mass is 10.2. The largest absolute Gasteiger partial charge is 0.374 e. The van der Waals surface area contributed by atoms with Crippen molar-refractivity contribution < 1.29 is 4.74 Å². The van der Waals surface area contributed by atoms with Crippen LogP contribution in [0.5, 0.6) is 0 Å². The van der Waals surface area contributed by atoms with E-state index in [1.165, 1.54) is 0 Å². The van der Waals surface area contributed by atoms with Gasteiger partial charge >= 0.3 is 0 Å². The van der Waals surface area contributed by atoms with Crippen LogP contribution in [-0.2, 0) is 4.74 Å². The molecule has 0 aliphatic rings. The van der Waals surface area contributed by atoms with Crippen LogP contribution in [0.15, 0.2) is 18.6 Å². The first-order chi connectivity index (χ1) is 7.03. The lowest BCUT2D eigenvalue weighted by Crippen LogP contribution is -2.28. The van der Waals surface area contributed by atoms with E-state index in [4.69, 9.17) is 4.74 Å². The summed E-state index contributed by atoms with van der Waals surface area (Å²) < 4.78 is 5.71. The summed E-state index contributed by atoms with van der Waals surface area (Å²) in [5, 5.41) is 3.16. The summed E-state index contributed by atoms with van der Waals surface area (Å²) in [4.78, 5) is 8.29. The molecule has 1 unspecified atom stereocenters. The first kappa shape index (κ1) is 12.1. The summed E-state index contributed by atoms with van der Waals surface area (Å²) in [5.41, 5.74) is 0.779. The quantitative estimate of drug-likeness (QED) is 0.817. The van der Waals surface area contributed by atoms with Gasteiger partial charge in [0.05, 0.1) is 30.1 Å². The van der Waals surface area contributed by atoms with Crippen LogP contribution in [0, 0.1) is 0 Å². The highest BCUT2D eigenvalue weighted by atomic mass is 16.5. The first-order valence-corrected chi connectivity index (χ1v) is 5.10. The molecule has 1 N–H and O–H groups in total. The maximum Gasteiger partial charge on any atom is 0.0779 e. The van der Waals surface area contributed by atoms with Crippen molar-refractivity contribution in [3.8, 4) is 0 Å². The molecule has 1 rings (SSSR count). The smallest absolute Gasteiger partial charge is 0.0779 e. The molecular weight excluding hydrogens is 190 g/mol. The minimum Gasteiger partial charge on any atom is -0.374 e. The van der Waals surface area contributed by atoms with Crippen LogP contribution >= 0.6 is 0 Å². The minimum absolute atomic E-state index is 0.0953. The molecule has 0 radical (unpaired) electrons. The van der Waals surface area contributed by atoms with Gasteiger partial charge in [0.1, 0.15) is 0 Å². The zero-order valence-corrected chi connectivity index (χ0v) is 9.82. The molecule has 0 aromatic carbocycles. The van der Waals surface area contributed by atoms with E-state index in [1.807, 2.05) is 27.8 Å². The van der Waals surface area contributed by atoms with E-state index < -0.39 is 0 Å². The fourth-order valence-electron chi connectivity index (χ4n) is 1.14. The molecule has 0 fully saturated rings. The second kappa shape index (κ2) is 5.19. The molecule has 0 aliphatic carbocycles. The minimum atomic E-state index is -0.128. The number of aromatic nitrogens is 2. The molecular formula is C11H19N3O. The molecule has 0 aliphatic heterocycles. The standard InChI is InChI=1S/C11H19N3O/c1-11(2,3)15-8-10(12-4)9-7-13-5-6-14-9/h5-7,10,12H,8H2,1-4H3. The Labute approximate surface area is 91.1 Å². The van der Waals surface area contributed by atoms with Crippen molar-refractivity contribution in [1.82, 2.24) is 15.3 Å². The zero-order valence-electron chi connectivity index (χ0n) is 9.82. The van der Waals surface area contributed by atoms with Crippen molar-refractivity contribution in [2.45, 2.75) is 32.4 Å². The van der Waals surface area contributed by atoms with E-state index in [9.17, 15) is 0 Å². The monoisotopic (exact) mass is 209 g/mol. The third-order valence-electron chi connectivity index (χ3n) is 1.97. The third kappa shape index (κ3) is 4.36. The molecule has 4 heteroatoms. The predicted molar refractivity (Wildman–Crippen MR) is 59.5 cm³/mol. The highest BCUT2D eigenvalue weighted by Crippen LogP contribution is 2.13. The number of hydrogen-bond acceptors (Lipinski definition) is 4. The van der Waals surface area contributed by atoms with Gasteiger partial charge in [0.15, 0.2) is 0 Å². The van der Waals surface area contributed by atoms with E-state index in [0.717, 1.165) is 5.69 Å². The van der Waals surface area contributed by atoms with Gasteiger partial charge in [-0.3, -0.25) is 9.97 Å². The van der Waals surface area contributed by atoms with Gasteiger partial charge in [-0.05, 0) is 27.8 Å². The first-order valence-electron chi connectivity index (χ1n) is 5.10. The Balaban J connectivity index is 2.58. The van der Waals surface area contributed by atoms with Gasteiger partial charge in [0, 0.05) is 12.4 Å². The Bertz CT molecular complexity index is 282. The van der Waals surface area contributed by atoms with Crippen LogP contribution in [0.3, 0.4) is 0 Å². The lowest BCUT2D eigenvalue weighted by molar-refractivity contribution is -0.0144. The average molecular weight is 209 g/mol. The third-order valence-corrected chi connectivity index (χ3v) is 1.97. The summed E-state index contributed by atoms with van der Waals surface area (Å²) in [6.07, 6.45) is 5.12. The summed E-state index contributed by atoms with van der Waals surface area (Å²) in [7, 11) is 1.89. The summed E-state index contributed by atoms with van der Waals surface area (Å²) in [6, 6.07) is 0.0953. The number of hydrogen-bond donors (Lipinski definition) is 1. The van der Waals surface area contributed by atoms with E-state index >= 15 is 0 Å². The van der Waals surface area contributed by atoms with Crippen molar-refractivity contribution in [3.05, 3.63) is 24.3 Å². The van der Waals surface area contributed by atoms with Crippen LogP contribution in [0.4, 0.5) is 0 Å². The molecule has 15 heavy (non-hydrogen) atoms. The van der Waals surface area contributed by atoms with Crippen molar-refractivity contribution in [3.63, 3.8) is 0 Å². The molecule has 1 heterocycles. The maximum atomic E-state index is 5.71. The van der Waals surface area contributed by atoms with Crippen molar-refractivity contribution >= 4 is 0 Å². The Hall–Kier alpha value is -1.00. The molecule has 0 saturated carbocycles. The second-order valence-electron chi connectivity index (χ2n) is 4.39. The predicted octanol–water partition coefficient (Wildman–Crippen LogP) is 1.55. The highest BCUT2D eigenvalue weighted by Gasteiger charge is 2.16. The lowest BCUT2D eigenvalue weighted by Gasteiger charge is -2.23. The van der Waals surface area contributed by atoms with E-state index in [0.29, 0.717) is 6.61 Å². The summed E-state index contributed by atoms with van der Waals surface area (Å²) in [5.74, 6) is 0. The van der Waals surface area contributed by atoms with E-state index in [1.54, 1.807) is 18.6 Å². The SMILES string of the molecule is CNC(COC(C)(C)C)c1cnccn1. The molecule has 1 aromatic heterocycles. The molecule has 1 atom stereocenters. The van der Waals surface area contributed by atoms with E-state index in [2.05, 4.69) is 15.3 Å². The van der Waals surface area contributed by atoms with Gasteiger partial charge in [-0.1, -0.05) is 0 Å². The molecule has 1 aromatic rings. The number of nitrogens with zero attached hydrogens (tertiary/aromatic N) is 2. The average Bonchev–Trinajstić information content (AvgIpc) is 2.19. The fraction of sp³-hybridized carbons (Fsp3) is 0.636. The number of likely N-dealkylation sites (N-methyl/N-ethyl adjacent to an activating group) is 1. The Morgan fingerprint density at radius 1 is 1.40 bits per heavy atom. The highest BCUT2D eigenvalue weighted by molar-refractivity contribution is 5.01. The summed E-state index contributed by atoms with van der Waals surface area (Å²) in [6.45, 7) is 6.71. The van der Waals surface area contributed by atoms with Gasteiger partial charge in [-0.15, -0.1) is 0 Å². The van der Waals surface area contributed by atoms with E-state index in [-0.39, 0.29) is 11.6 Å². The second-order valence-corrected chi connectivity index (χ2v) is 4.39. The van der Waals surface area contributed by atoms with Crippen LogP contribution in [0.2, 0.25) is 0 Å². The van der Waals surface area contributed by atoms with Crippen LogP contribution in [-0.4, -0.2) is 29.2 Å². The fourth-order valence-corrected chi connectivity index (χ4v) is 1.14. The van der Waals surface area contributed by atoms with Crippen molar-refractivity contribution in [1.29, 1.82) is 0 Å². The van der Waals surface area contributed by atoms with Gasteiger partial charge in [0.2, 0.25) is 0 Å². The normalized spacial score (nSPS) is 13.9. The van der Waals surface area contributed by atoms with Crippen LogP contribution < -0.4 is 5.32 Å². The van der Waals surface area contributed by atoms with Crippen LogP contribution in [0.25, 0.3) is 0 Å². The van der Waals surface area contributed by atoms with Crippen molar-refractivity contribution in [2.75, 3.05) is 13.7 Å². The topological polar surface area (TPSA) is 47.0 Å². The van der Waals surface area contributed by atoms with Gasteiger partial charge in [0.25, 0.3) is 0 Å². The zero-order chi connectivity index (χ0) is 11.3. The Kier molecular flexibility index (Phi) is 4.17. The molecule has 0 bridgehead atoms. The Morgan fingerprint density at radius 3 is 2.60 bits per heavy atom. The van der Waals surface area contributed by atoms with Crippen LogP contribution in [0.1, 0.15) is 32.5 Å². The molecule has 0 saturated heterocycles. The van der Waals surface area contributed by atoms with Gasteiger partial charge < -0.3 is 10.1 Å². The van der Waals surface area contributed by atoms with Crippen molar-refractivity contribution in [2.24, 2.45) is 0 Å². The summed E-state index contributed by atoms with van der Waals surface area (Å²) >= 11 is 0. The molecule has 0 amide bonds. The number of nitrogens with one attached hydrogen (secondary N) is 1. The number of rotatable bonds is 4. The maximum absolute atomic E-state index is 5.71. The molecule has 84 valence electrons. The molecule has 4 nitrogen and oxygen atoms in total. The number of ether oxygens (including phenoxy) is 1. The van der Waals surface area contributed by atoms with Gasteiger partial charge in [-0.25, -0.2) is 0 Å².